The van der Waals surface area contributed by atoms with Gasteiger partial charge in [-0.15, -0.1) is 0 Å². The summed E-state index contributed by atoms with van der Waals surface area (Å²) < 4.78 is 40.0. The van der Waals surface area contributed by atoms with Gasteiger partial charge in [0.25, 0.3) is 0 Å². The Kier molecular flexibility index (Phi) is 4.00. The Balaban J connectivity index is 1.76. The lowest BCUT2D eigenvalue weighted by atomic mass is 10.2. The van der Waals surface area contributed by atoms with Crippen LogP contribution in [0.25, 0.3) is 0 Å². The van der Waals surface area contributed by atoms with E-state index in [-0.39, 0.29) is 6.61 Å². The predicted molar refractivity (Wildman–Crippen MR) is 59.4 cm³/mol. The Bertz CT molecular complexity index is 409. The molecule has 0 fully saturated rings. The Morgan fingerprint density at radius 1 is 1.28 bits per heavy atom. The molecule has 7 heteroatoms. The van der Waals surface area contributed by atoms with Crippen molar-refractivity contribution in [3.8, 4) is 0 Å². The molecular weight excluding hydrogens is 247 g/mol. The van der Waals surface area contributed by atoms with Gasteiger partial charge in [-0.3, -0.25) is 0 Å². The average molecular weight is 261 g/mol. The predicted octanol–water partition coefficient (Wildman–Crippen LogP) is 1.96. The number of halogens is 3. The maximum Gasteiger partial charge on any atom is 0.411 e. The van der Waals surface area contributed by atoms with Gasteiger partial charge in [0, 0.05) is 17.8 Å². The first-order valence-corrected chi connectivity index (χ1v) is 5.77. The summed E-state index contributed by atoms with van der Waals surface area (Å²) in [6.07, 6.45) is 0.117. The van der Waals surface area contributed by atoms with Crippen LogP contribution in [0, 0.1) is 0 Å². The van der Waals surface area contributed by atoms with Crippen LogP contribution in [0.15, 0.2) is 6.33 Å². The summed E-state index contributed by atoms with van der Waals surface area (Å²) in [5, 5.41) is 2.99. The van der Waals surface area contributed by atoms with Crippen LogP contribution >= 0.6 is 0 Å². The molecule has 1 aromatic heterocycles. The van der Waals surface area contributed by atoms with E-state index in [2.05, 4.69) is 20.0 Å². The third kappa shape index (κ3) is 3.56. The van der Waals surface area contributed by atoms with Gasteiger partial charge in [-0.2, -0.15) is 13.2 Å². The van der Waals surface area contributed by atoms with E-state index in [4.69, 9.17) is 0 Å². The number of anilines is 1. The second-order valence-electron chi connectivity index (χ2n) is 4.10. The molecule has 0 saturated heterocycles. The average Bonchev–Trinajstić information content (AvgIpc) is 2.75. The van der Waals surface area contributed by atoms with Crippen LogP contribution in [-0.2, 0) is 17.6 Å². The van der Waals surface area contributed by atoms with Crippen LogP contribution in [0.4, 0.5) is 19.0 Å². The van der Waals surface area contributed by atoms with E-state index in [1.807, 2.05) is 0 Å². The summed E-state index contributed by atoms with van der Waals surface area (Å²) >= 11 is 0. The zero-order valence-electron chi connectivity index (χ0n) is 9.76. The van der Waals surface area contributed by atoms with Crippen LogP contribution in [0.5, 0.6) is 0 Å². The Hall–Kier alpha value is -1.37. The Morgan fingerprint density at radius 3 is 2.89 bits per heavy atom. The van der Waals surface area contributed by atoms with Gasteiger partial charge in [0.05, 0.1) is 6.61 Å². The summed E-state index contributed by atoms with van der Waals surface area (Å²) in [5.74, 6) is 0.716. The molecule has 0 saturated carbocycles. The number of nitrogens with one attached hydrogen (secondary N) is 1. The first-order chi connectivity index (χ1) is 8.56. The van der Waals surface area contributed by atoms with E-state index in [9.17, 15) is 13.2 Å². The maximum absolute atomic E-state index is 11.8. The lowest BCUT2D eigenvalue weighted by Crippen LogP contribution is -2.20. The molecule has 0 bridgehead atoms. The zero-order chi connectivity index (χ0) is 13.0. The minimum atomic E-state index is -4.27. The fraction of sp³-hybridized carbons (Fsp3) is 0.636. The molecule has 0 radical (unpaired) electrons. The molecule has 0 amide bonds. The van der Waals surface area contributed by atoms with Gasteiger partial charge in [-0.05, 0) is 19.3 Å². The number of nitrogens with zero attached hydrogens (tertiary/aromatic N) is 2. The fourth-order valence-electron chi connectivity index (χ4n) is 1.94. The monoisotopic (exact) mass is 261 g/mol. The molecule has 1 aliphatic carbocycles. The van der Waals surface area contributed by atoms with Crippen LogP contribution < -0.4 is 5.32 Å². The van der Waals surface area contributed by atoms with E-state index in [0.717, 1.165) is 30.5 Å². The molecule has 0 atom stereocenters. The largest absolute Gasteiger partial charge is 0.411 e. The van der Waals surface area contributed by atoms with E-state index in [1.54, 1.807) is 0 Å². The molecule has 100 valence electrons. The molecule has 1 aliphatic rings. The SMILES string of the molecule is FC(F)(F)COCCNc1ncnc2c1CCC2. The summed E-state index contributed by atoms with van der Waals surface area (Å²) in [7, 11) is 0. The van der Waals surface area contributed by atoms with Crippen LogP contribution in [-0.4, -0.2) is 35.9 Å². The standard InChI is InChI=1S/C11H14F3N3O/c12-11(13,14)6-18-5-4-15-10-8-2-1-3-9(8)16-7-17-10/h7H,1-6H2,(H,15,16,17). The summed E-state index contributed by atoms with van der Waals surface area (Å²) in [4.78, 5) is 8.26. The molecule has 4 nitrogen and oxygen atoms in total. The minimum Gasteiger partial charge on any atom is -0.370 e. The van der Waals surface area contributed by atoms with E-state index < -0.39 is 12.8 Å². The van der Waals surface area contributed by atoms with Gasteiger partial charge >= 0.3 is 6.18 Å². The molecule has 0 aliphatic heterocycles. The first-order valence-electron chi connectivity index (χ1n) is 5.77. The molecule has 1 heterocycles. The number of fused-ring (bicyclic) bond motifs is 1. The Labute approximate surface area is 103 Å². The van der Waals surface area contributed by atoms with E-state index in [0.29, 0.717) is 12.4 Å². The number of hydrogen-bond donors (Lipinski definition) is 1. The van der Waals surface area contributed by atoms with Crippen molar-refractivity contribution in [3.05, 3.63) is 17.6 Å². The van der Waals surface area contributed by atoms with Crippen molar-refractivity contribution in [2.75, 3.05) is 25.1 Å². The van der Waals surface area contributed by atoms with Gasteiger partial charge < -0.3 is 10.1 Å². The van der Waals surface area contributed by atoms with Crippen LogP contribution in [0.2, 0.25) is 0 Å². The van der Waals surface area contributed by atoms with Crippen molar-refractivity contribution >= 4 is 5.82 Å². The van der Waals surface area contributed by atoms with Crippen molar-refractivity contribution in [2.24, 2.45) is 0 Å². The van der Waals surface area contributed by atoms with Crippen molar-refractivity contribution in [2.45, 2.75) is 25.4 Å². The second-order valence-corrected chi connectivity index (χ2v) is 4.10. The summed E-state index contributed by atoms with van der Waals surface area (Å²) in [6, 6.07) is 0. The minimum absolute atomic E-state index is 0.00170. The Morgan fingerprint density at radius 2 is 2.11 bits per heavy atom. The van der Waals surface area contributed by atoms with Gasteiger partial charge in [-0.25, -0.2) is 9.97 Å². The first kappa shape index (κ1) is 13.1. The lowest BCUT2D eigenvalue weighted by Gasteiger charge is -2.10. The van der Waals surface area contributed by atoms with E-state index >= 15 is 0 Å². The number of hydrogen-bond acceptors (Lipinski definition) is 4. The molecule has 1 aromatic rings. The number of aryl methyl sites for hydroxylation is 1. The molecular formula is C11H14F3N3O. The highest BCUT2D eigenvalue weighted by molar-refractivity contribution is 5.47. The van der Waals surface area contributed by atoms with Crippen molar-refractivity contribution < 1.29 is 17.9 Å². The third-order valence-electron chi connectivity index (χ3n) is 2.68. The van der Waals surface area contributed by atoms with Gasteiger partial charge in [0.15, 0.2) is 0 Å². The third-order valence-corrected chi connectivity index (χ3v) is 2.68. The van der Waals surface area contributed by atoms with Gasteiger partial charge in [0.2, 0.25) is 0 Å². The lowest BCUT2D eigenvalue weighted by molar-refractivity contribution is -0.172. The second kappa shape index (κ2) is 5.51. The molecule has 0 aromatic carbocycles. The quantitative estimate of drug-likeness (QED) is 0.823. The highest BCUT2D eigenvalue weighted by Crippen LogP contribution is 2.24. The number of alkyl halides is 3. The smallest absolute Gasteiger partial charge is 0.370 e. The fourth-order valence-corrected chi connectivity index (χ4v) is 1.94. The number of rotatable bonds is 5. The maximum atomic E-state index is 11.8. The number of aromatic nitrogens is 2. The molecule has 0 spiro atoms. The van der Waals surface area contributed by atoms with Gasteiger partial charge in [0.1, 0.15) is 18.8 Å². The summed E-state index contributed by atoms with van der Waals surface area (Å²) in [6.45, 7) is -0.908. The number of ether oxygens (including phenoxy) is 1. The summed E-state index contributed by atoms with van der Waals surface area (Å²) in [5.41, 5.74) is 2.11. The van der Waals surface area contributed by atoms with Crippen LogP contribution in [0.1, 0.15) is 17.7 Å². The topological polar surface area (TPSA) is 47.0 Å². The van der Waals surface area contributed by atoms with Crippen LogP contribution in [0.3, 0.4) is 0 Å². The molecule has 2 rings (SSSR count). The zero-order valence-corrected chi connectivity index (χ0v) is 9.76. The highest BCUT2D eigenvalue weighted by atomic mass is 19.4. The van der Waals surface area contributed by atoms with Crippen molar-refractivity contribution in [1.82, 2.24) is 9.97 Å². The van der Waals surface area contributed by atoms with Crippen molar-refractivity contribution in [3.63, 3.8) is 0 Å². The molecule has 0 unspecified atom stereocenters. The van der Waals surface area contributed by atoms with E-state index in [1.165, 1.54) is 6.33 Å². The van der Waals surface area contributed by atoms with Crippen molar-refractivity contribution in [1.29, 1.82) is 0 Å². The normalized spacial score (nSPS) is 14.6. The highest BCUT2D eigenvalue weighted by Gasteiger charge is 2.27. The molecule has 18 heavy (non-hydrogen) atoms. The molecule has 1 N–H and O–H groups in total. The van der Waals surface area contributed by atoms with Gasteiger partial charge in [-0.1, -0.05) is 0 Å².